The number of carbonyl (C=O) groups is 1. The maximum absolute atomic E-state index is 13.3. The fourth-order valence-electron chi connectivity index (χ4n) is 8.15. The van der Waals surface area contributed by atoms with Gasteiger partial charge < -0.3 is 25.0 Å². The zero-order valence-electron chi connectivity index (χ0n) is 28.9. The number of likely N-dealkylation sites (tertiary alicyclic amines) is 2. The van der Waals surface area contributed by atoms with Gasteiger partial charge in [-0.05, 0) is 101 Å². The van der Waals surface area contributed by atoms with Gasteiger partial charge in [0, 0.05) is 19.1 Å². The number of ether oxygens (including phenoxy) is 2. The molecule has 2 aliphatic rings. The molecule has 7 heteroatoms. The molecule has 2 saturated heterocycles. The van der Waals surface area contributed by atoms with Gasteiger partial charge in [-0.1, -0.05) is 86.0 Å². The highest BCUT2D eigenvalue weighted by molar-refractivity contribution is 5.91. The summed E-state index contributed by atoms with van der Waals surface area (Å²) in [6.07, 6.45) is 9.68. The van der Waals surface area contributed by atoms with Crippen LogP contribution in [0.5, 0.6) is 11.5 Å². The molecule has 5 rings (SSSR count). The fraction of sp³-hybridized carbons (Fsp3) is 0.525. The van der Waals surface area contributed by atoms with Gasteiger partial charge in [-0.2, -0.15) is 0 Å². The van der Waals surface area contributed by atoms with E-state index in [1.54, 1.807) is 14.2 Å². The number of benzene rings is 3. The lowest BCUT2D eigenvalue weighted by Gasteiger charge is -2.37. The topological polar surface area (TPSA) is 71.3 Å². The van der Waals surface area contributed by atoms with E-state index in [9.17, 15) is 4.79 Å². The second kappa shape index (κ2) is 17.1. The van der Waals surface area contributed by atoms with Gasteiger partial charge in [-0.15, -0.1) is 0 Å². The molecule has 1 atom stereocenters. The number of hydrogen-bond donors (Lipinski definition) is 1. The van der Waals surface area contributed by atoms with E-state index in [0.29, 0.717) is 6.04 Å². The summed E-state index contributed by atoms with van der Waals surface area (Å²) in [5, 5.41) is 0. The standard InChI is InChI=1S/C40H56N4O3/c1-42(35-23-28-44(29-24-35)31-36-37(46-2)20-15-21-38(36)47-3)25-13-5-4-6-14-26-43-27-22-34(30-43)40(39(41)45,32-16-9-7-10-17-32)33-18-11-8-12-19-33/h7-12,15-21,34-35H,4-6,13-14,22-31H2,1-3H3,(H2,41,45)/t34-/m1/s1. The number of methoxy groups -OCH3 is 2. The predicted molar refractivity (Wildman–Crippen MR) is 191 cm³/mol. The number of carbonyl (C=O) groups excluding carboxylic acids is 1. The molecular formula is C40H56N4O3. The molecule has 0 radical (unpaired) electrons. The Morgan fingerprint density at radius 2 is 1.32 bits per heavy atom. The Morgan fingerprint density at radius 1 is 0.766 bits per heavy atom. The summed E-state index contributed by atoms with van der Waals surface area (Å²) in [6, 6.07) is 27.1. The van der Waals surface area contributed by atoms with Crippen LogP contribution in [0, 0.1) is 5.92 Å². The third kappa shape index (κ3) is 8.37. The number of nitrogens with zero attached hydrogens (tertiary/aromatic N) is 3. The number of nitrogens with two attached hydrogens (primary N) is 1. The van der Waals surface area contributed by atoms with Crippen LogP contribution in [0.15, 0.2) is 78.9 Å². The van der Waals surface area contributed by atoms with Crippen LogP contribution in [0.25, 0.3) is 0 Å². The van der Waals surface area contributed by atoms with E-state index >= 15 is 0 Å². The molecule has 47 heavy (non-hydrogen) atoms. The molecule has 3 aromatic rings. The minimum absolute atomic E-state index is 0.163. The van der Waals surface area contributed by atoms with Crippen molar-refractivity contribution in [3.63, 3.8) is 0 Å². The Bertz CT molecular complexity index is 1310. The SMILES string of the molecule is COc1cccc(OC)c1CN1CCC(N(C)CCCCCCCN2CC[C@@H](C(C(N)=O)(c3ccccc3)c3ccccc3)C2)CC1. The van der Waals surface area contributed by atoms with Crippen LogP contribution in [0.2, 0.25) is 0 Å². The van der Waals surface area contributed by atoms with E-state index in [0.717, 1.165) is 73.9 Å². The number of hydrogen-bond acceptors (Lipinski definition) is 6. The van der Waals surface area contributed by atoms with Crippen molar-refractivity contribution < 1.29 is 14.3 Å². The highest BCUT2D eigenvalue weighted by atomic mass is 16.5. The molecule has 0 aliphatic carbocycles. The summed E-state index contributed by atoms with van der Waals surface area (Å²) >= 11 is 0. The highest BCUT2D eigenvalue weighted by Gasteiger charge is 2.49. The molecule has 0 aromatic heterocycles. The number of amides is 1. The number of piperidine rings is 1. The second-order valence-corrected chi connectivity index (χ2v) is 13.6. The first-order valence-electron chi connectivity index (χ1n) is 17.7. The molecule has 0 saturated carbocycles. The smallest absolute Gasteiger partial charge is 0.232 e. The summed E-state index contributed by atoms with van der Waals surface area (Å²) in [5.41, 5.74) is 8.64. The minimum atomic E-state index is -0.803. The van der Waals surface area contributed by atoms with Crippen molar-refractivity contribution in [2.24, 2.45) is 11.7 Å². The zero-order chi connectivity index (χ0) is 33.1. The van der Waals surface area contributed by atoms with E-state index in [4.69, 9.17) is 15.2 Å². The van der Waals surface area contributed by atoms with Crippen LogP contribution >= 0.6 is 0 Å². The van der Waals surface area contributed by atoms with Gasteiger partial charge in [0.15, 0.2) is 0 Å². The third-order valence-electron chi connectivity index (χ3n) is 10.8. The average Bonchev–Trinajstić information content (AvgIpc) is 3.58. The molecule has 1 amide bonds. The Kier molecular flexibility index (Phi) is 12.7. The van der Waals surface area contributed by atoms with Crippen molar-refractivity contribution in [2.45, 2.75) is 69.4 Å². The molecule has 0 unspecified atom stereocenters. The number of primary amides is 1. The quantitative estimate of drug-likeness (QED) is 0.174. The Morgan fingerprint density at radius 3 is 1.89 bits per heavy atom. The van der Waals surface area contributed by atoms with Crippen molar-refractivity contribution in [3.8, 4) is 11.5 Å². The summed E-state index contributed by atoms with van der Waals surface area (Å²) in [4.78, 5) is 21.0. The van der Waals surface area contributed by atoms with Crippen LogP contribution in [0.3, 0.4) is 0 Å². The largest absolute Gasteiger partial charge is 0.496 e. The van der Waals surface area contributed by atoms with E-state index in [2.05, 4.69) is 46.0 Å². The van der Waals surface area contributed by atoms with Gasteiger partial charge in [-0.3, -0.25) is 9.69 Å². The van der Waals surface area contributed by atoms with Gasteiger partial charge in [0.1, 0.15) is 16.9 Å². The van der Waals surface area contributed by atoms with E-state index in [1.165, 1.54) is 51.5 Å². The summed E-state index contributed by atoms with van der Waals surface area (Å²) < 4.78 is 11.2. The van der Waals surface area contributed by atoms with Crippen molar-refractivity contribution >= 4 is 5.91 Å². The lowest BCUT2D eigenvalue weighted by Crippen LogP contribution is -2.49. The van der Waals surface area contributed by atoms with Crippen LogP contribution in [0.1, 0.15) is 68.1 Å². The molecule has 7 nitrogen and oxygen atoms in total. The first-order valence-corrected chi connectivity index (χ1v) is 17.7. The second-order valence-electron chi connectivity index (χ2n) is 13.6. The highest BCUT2D eigenvalue weighted by Crippen LogP contribution is 2.43. The molecule has 0 spiro atoms. The van der Waals surface area contributed by atoms with Gasteiger partial charge >= 0.3 is 0 Å². The minimum Gasteiger partial charge on any atom is -0.496 e. The molecule has 3 aromatic carbocycles. The number of unbranched alkanes of at least 4 members (excludes halogenated alkanes) is 4. The summed E-state index contributed by atoms with van der Waals surface area (Å²) in [5.74, 6) is 1.73. The van der Waals surface area contributed by atoms with E-state index < -0.39 is 5.41 Å². The van der Waals surface area contributed by atoms with Gasteiger partial charge in [0.2, 0.25) is 5.91 Å². The van der Waals surface area contributed by atoms with E-state index in [1.807, 2.05) is 54.6 Å². The van der Waals surface area contributed by atoms with Crippen LogP contribution in [-0.4, -0.2) is 87.2 Å². The summed E-state index contributed by atoms with van der Waals surface area (Å²) in [6.45, 7) is 7.27. The first-order chi connectivity index (χ1) is 23.0. The molecule has 2 aliphatic heterocycles. The van der Waals surface area contributed by atoms with Crippen molar-refractivity contribution in [1.82, 2.24) is 14.7 Å². The first kappa shape index (κ1) is 34.9. The molecule has 2 fully saturated rings. The van der Waals surface area contributed by atoms with E-state index in [-0.39, 0.29) is 11.8 Å². The fourth-order valence-corrected chi connectivity index (χ4v) is 8.15. The molecule has 2 heterocycles. The molecular weight excluding hydrogens is 584 g/mol. The average molecular weight is 641 g/mol. The lowest BCUT2D eigenvalue weighted by molar-refractivity contribution is -0.123. The van der Waals surface area contributed by atoms with Crippen LogP contribution < -0.4 is 15.2 Å². The zero-order valence-corrected chi connectivity index (χ0v) is 28.9. The molecule has 254 valence electrons. The third-order valence-corrected chi connectivity index (χ3v) is 10.8. The van der Waals surface area contributed by atoms with Crippen molar-refractivity contribution in [1.29, 1.82) is 0 Å². The van der Waals surface area contributed by atoms with Gasteiger partial charge in [-0.25, -0.2) is 0 Å². The van der Waals surface area contributed by atoms with Crippen molar-refractivity contribution in [2.75, 3.05) is 60.5 Å². The van der Waals surface area contributed by atoms with Gasteiger partial charge in [0.25, 0.3) is 0 Å². The monoisotopic (exact) mass is 640 g/mol. The predicted octanol–water partition coefficient (Wildman–Crippen LogP) is 6.34. The van der Waals surface area contributed by atoms with Gasteiger partial charge in [0.05, 0.1) is 19.8 Å². The Balaban J connectivity index is 1.00. The summed E-state index contributed by atoms with van der Waals surface area (Å²) in [7, 11) is 5.78. The van der Waals surface area contributed by atoms with Crippen LogP contribution in [-0.2, 0) is 16.8 Å². The maximum atomic E-state index is 13.3. The Labute approximate surface area is 283 Å². The molecule has 2 N–H and O–H groups in total. The maximum Gasteiger partial charge on any atom is 0.232 e. The van der Waals surface area contributed by atoms with Crippen LogP contribution in [0.4, 0.5) is 0 Å². The Hall–Kier alpha value is -3.39. The molecule has 0 bridgehead atoms. The number of rotatable bonds is 17. The normalized spacial score (nSPS) is 18.1. The van der Waals surface area contributed by atoms with Crippen molar-refractivity contribution in [3.05, 3.63) is 95.6 Å². The lowest BCUT2D eigenvalue weighted by atomic mass is 9.64.